The first-order valence-electron chi connectivity index (χ1n) is 6.64. The minimum Gasteiger partial charge on any atom is -0.301 e. The van der Waals surface area contributed by atoms with Crippen LogP contribution in [0.15, 0.2) is 0 Å². The van der Waals surface area contributed by atoms with Crippen LogP contribution in [-0.2, 0) is 12.0 Å². The van der Waals surface area contributed by atoms with Crippen LogP contribution in [0.4, 0.5) is 0 Å². The zero-order chi connectivity index (χ0) is 13.2. The molecule has 0 atom stereocenters. The van der Waals surface area contributed by atoms with Gasteiger partial charge in [-0.05, 0) is 25.9 Å². The van der Waals surface area contributed by atoms with E-state index in [2.05, 4.69) is 36.0 Å². The van der Waals surface area contributed by atoms with Gasteiger partial charge < -0.3 is 4.90 Å². The zero-order valence-electron chi connectivity index (χ0n) is 11.5. The number of nitrogens with zero attached hydrogens (tertiary/aromatic N) is 4. The first-order valence-corrected chi connectivity index (χ1v) is 6.64. The van der Waals surface area contributed by atoms with Crippen LogP contribution in [0.5, 0.6) is 0 Å². The Morgan fingerprint density at radius 1 is 1.22 bits per heavy atom. The maximum atomic E-state index is 11.0. The fourth-order valence-corrected chi connectivity index (χ4v) is 2.58. The van der Waals surface area contributed by atoms with Crippen LogP contribution in [0.3, 0.4) is 0 Å². The molecule has 1 fully saturated rings. The lowest BCUT2D eigenvalue weighted by Crippen LogP contribution is -2.27. The van der Waals surface area contributed by atoms with Gasteiger partial charge in [0.1, 0.15) is 5.69 Å². The Morgan fingerprint density at radius 3 is 2.44 bits per heavy atom. The molecule has 0 amide bonds. The van der Waals surface area contributed by atoms with Crippen LogP contribution in [0.2, 0.25) is 0 Å². The predicted octanol–water partition coefficient (Wildman–Crippen LogP) is 1.48. The third-order valence-corrected chi connectivity index (χ3v) is 3.41. The number of carbonyl (C=O) groups is 1. The number of hydrogen-bond donors (Lipinski definition) is 0. The number of likely N-dealkylation sites (tertiary alicyclic amines) is 1. The molecule has 18 heavy (non-hydrogen) atoms. The summed E-state index contributed by atoms with van der Waals surface area (Å²) in [6.07, 6.45) is 3.39. The van der Waals surface area contributed by atoms with Gasteiger partial charge in [-0.15, -0.1) is 5.10 Å². The molecule has 100 valence electrons. The molecule has 0 radical (unpaired) electrons. The second kappa shape index (κ2) is 5.18. The van der Waals surface area contributed by atoms with Crippen LogP contribution in [0, 0.1) is 0 Å². The van der Waals surface area contributed by atoms with Crippen molar-refractivity contribution in [3.63, 3.8) is 0 Å². The van der Waals surface area contributed by atoms with Crippen molar-refractivity contribution < 1.29 is 4.79 Å². The summed E-state index contributed by atoms with van der Waals surface area (Å²) in [5.74, 6) is 0. The molecule has 1 aromatic heterocycles. The highest BCUT2D eigenvalue weighted by Gasteiger charge is 2.25. The monoisotopic (exact) mass is 250 g/mol. The second-order valence-electron chi connectivity index (χ2n) is 5.96. The quantitative estimate of drug-likeness (QED) is 0.760. The lowest BCUT2D eigenvalue weighted by molar-refractivity contribution is 0.111. The van der Waals surface area contributed by atoms with Gasteiger partial charge in [-0.25, -0.2) is 4.68 Å². The van der Waals surface area contributed by atoms with Crippen LogP contribution < -0.4 is 0 Å². The molecule has 1 aliphatic rings. The molecule has 0 aliphatic carbocycles. The van der Waals surface area contributed by atoms with Crippen LogP contribution in [0.1, 0.15) is 49.8 Å². The molecular weight excluding hydrogens is 228 g/mol. The van der Waals surface area contributed by atoms with Crippen molar-refractivity contribution in [2.45, 2.75) is 45.6 Å². The first-order chi connectivity index (χ1) is 8.52. The van der Waals surface area contributed by atoms with Crippen LogP contribution in [0.25, 0.3) is 0 Å². The number of hydrogen-bond acceptors (Lipinski definition) is 4. The molecule has 1 aromatic rings. The van der Waals surface area contributed by atoms with E-state index in [9.17, 15) is 4.79 Å². The molecule has 2 rings (SSSR count). The predicted molar refractivity (Wildman–Crippen MR) is 69.8 cm³/mol. The Bertz CT molecular complexity index is 413. The SMILES string of the molecule is CC(C)(C)c1c(C=O)nnn1CCN1CCCC1. The molecule has 0 saturated carbocycles. The van der Waals surface area contributed by atoms with Crippen molar-refractivity contribution in [1.29, 1.82) is 0 Å². The fraction of sp³-hybridized carbons (Fsp3) is 0.769. The van der Waals surface area contributed by atoms with Gasteiger partial charge in [-0.1, -0.05) is 26.0 Å². The van der Waals surface area contributed by atoms with Gasteiger partial charge in [-0.3, -0.25) is 4.79 Å². The summed E-state index contributed by atoms with van der Waals surface area (Å²) in [5.41, 5.74) is 1.31. The van der Waals surface area contributed by atoms with Crippen LogP contribution >= 0.6 is 0 Å². The molecule has 5 nitrogen and oxygen atoms in total. The average molecular weight is 250 g/mol. The Kier molecular flexibility index (Phi) is 3.80. The average Bonchev–Trinajstić information content (AvgIpc) is 2.94. The summed E-state index contributed by atoms with van der Waals surface area (Å²) in [5, 5.41) is 8.10. The molecule has 0 unspecified atom stereocenters. The van der Waals surface area contributed by atoms with E-state index in [1.807, 2.05) is 4.68 Å². The van der Waals surface area contributed by atoms with Gasteiger partial charge in [0.2, 0.25) is 0 Å². The van der Waals surface area contributed by atoms with Gasteiger partial charge in [0.05, 0.1) is 12.2 Å². The second-order valence-corrected chi connectivity index (χ2v) is 5.96. The summed E-state index contributed by atoms with van der Waals surface area (Å²) in [4.78, 5) is 13.5. The molecule has 0 bridgehead atoms. The van der Waals surface area contributed by atoms with Gasteiger partial charge in [0.25, 0.3) is 0 Å². The van der Waals surface area contributed by atoms with E-state index in [-0.39, 0.29) is 5.41 Å². The molecular formula is C13H22N4O. The Morgan fingerprint density at radius 2 is 1.89 bits per heavy atom. The van der Waals surface area contributed by atoms with E-state index in [1.165, 1.54) is 25.9 Å². The zero-order valence-corrected chi connectivity index (χ0v) is 11.5. The third-order valence-electron chi connectivity index (χ3n) is 3.41. The maximum Gasteiger partial charge on any atom is 0.172 e. The fourth-order valence-electron chi connectivity index (χ4n) is 2.58. The minimum atomic E-state index is -0.106. The summed E-state index contributed by atoms with van der Waals surface area (Å²) < 4.78 is 1.89. The number of carbonyl (C=O) groups excluding carboxylic acids is 1. The van der Waals surface area contributed by atoms with Crippen molar-refractivity contribution >= 4 is 6.29 Å². The Hall–Kier alpha value is -1.23. The van der Waals surface area contributed by atoms with Gasteiger partial charge in [-0.2, -0.15) is 0 Å². The maximum absolute atomic E-state index is 11.0. The number of aldehydes is 1. The smallest absolute Gasteiger partial charge is 0.172 e. The van der Waals surface area contributed by atoms with E-state index in [0.717, 1.165) is 25.1 Å². The van der Waals surface area contributed by atoms with Crippen molar-refractivity contribution in [1.82, 2.24) is 19.9 Å². The lowest BCUT2D eigenvalue weighted by Gasteiger charge is -2.21. The van der Waals surface area contributed by atoms with Gasteiger partial charge in [0.15, 0.2) is 6.29 Å². The van der Waals surface area contributed by atoms with Gasteiger partial charge >= 0.3 is 0 Å². The van der Waals surface area contributed by atoms with Crippen molar-refractivity contribution in [3.05, 3.63) is 11.4 Å². The van der Waals surface area contributed by atoms with E-state index >= 15 is 0 Å². The standard InChI is InChI=1S/C13H22N4O/c1-13(2,3)12-11(10-18)14-15-17(12)9-8-16-6-4-5-7-16/h10H,4-9H2,1-3H3. The summed E-state index contributed by atoms with van der Waals surface area (Å²) >= 11 is 0. The largest absolute Gasteiger partial charge is 0.301 e. The molecule has 0 spiro atoms. The summed E-state index contributed by atoms with van der Waals surface area (Å²) in [7, 11) is 0. The molecule has 0 aromatic carbocycles. The van der Waals surface area contributed by atoms with E-state index in [4.69, 9.17) is 0 Å². The molecule has 1 aliphatic heterocycles. The van der Waals surface area contributed by atoms with Crippen molar-refractivity contribution in [3.8, 4) is 0 Å². The molecule has 5 heteroatoms. The molecule has 1 saturated heterocycles. The topological polar surface area (TPSA) is 51.0 Å². The number of rotatable bonds is 4. The highest BCUT2D eigenvalue weighted by atomic mass is 16.1. The Labute approximate surface area is 108 Å². The highest BCUT2D eigenvalue weighted by molar-refractivity contribution is 5.73. The Balaban J connectivity index is 2.12. The number of aromatic nitrogens is 3. The third kappa shape index (κ3) is 2.77. The van der Waals surface area contributed by atoms with E-state index in [0.29, 0.717) is 5.69 Å². The van der Waals surface area contributed by atoms with E-state index in [1.54, 1.807) is 0 Å². The summed E-state index contributed by atoms with van der Waals surface area (Å²) in [6, 6.07) is 0. The normalized spacial score (nSPS) is 17.3. The van der Waals surface area contributed by atoms with Gasteiger partial charge in [0, 0.05) is 12.0 Å². The summed E-state index contributed by atoms with van der Waals surface area (Å²) in [6.45, 7) is 10.4. The van der Waals surface area contributed by atoms with Crippen molar-refractivity contribution in [2.24, 2.45) is 0 Å². The molecule has 2 heterocycles. The van der Waals surface area contributed by atoms with Crippen molar-refractivity contribution in [2.75, 3.05) is 19.6 Å². The van der Waals surface area contributed by atoms with Crippen LogP contribution in [-0.4, -0.2) is 45.8 Å². The van der Waals surface area contributed by atoms with E-state index < -0.39 is 0 Å². The highest BCUT2D eigenvalue weighted by Crippen LogP contribution is 2.23. The minimum absolute atomic E-state index is 0.106. The molecule has 0 N–H and O–H groups in total. The lowest BCUT2D eigenvalue weighted by atomic mass is 9.90. The first kappa shape index (κ1) is 13.2.